The van der Waals surface area contributed by atoms with E-state index in [9.17, 15) is 22.4 Å². The van der Waals surface area contributed by atoms with Crippen LogP contribution < -0.4 is 14.4 Å². The molecule has 3 aromatic carbocycles. The second kappa shape index (κ2) is 10.6. The Labute approximate surface area is 222 Å². The third-order valence-electron chi connectivity index (χ3n) is 5.07. The number of carbonyl (C=O) groups excluding carboxylic acids is 1. The van der Waals surface area contributed by atoms with Crippen LogP contribution in [0.2, 0.25) is 0 Å². The molecule has 3 aromatic rings. The Morgan fingerprint density at radius 2 is 1.83 bits per heavy atom. The molecule has 36 heavy (non-hydrogen) atoms. The summed E-state index contributed by atoms with van der Waals surface area (Å²) in [5.74, 6) is -0.0852. The Kier molecular flexibility index (Phi) is 7.72. The summed E-state index contributed by atoms with van der Waals surface area (Å²) in [5.41, 5.74) is 0.507. The standard InChI is InChI=1S/C25H16BrF4NO3S2/c1-33-20-10-15(9-19(26)22(20)34-13-14-5-7-17(27)8-6-14)11-21-23(32)31(24(35)36-21)18-4-2-3-16(12-18)25(28,29)30/h2-12H,13H2,1H3/b21-11+. The van der Waals surface area contributed by atoms with Gasteiger partial charge in [-0.15, -0.1) is 0 Å². The average molecular weight is 598 g/mol. The van der Waals surface area contributed by atoms with Crippen LogP contribution in [0, 0.1) is 5.82 Å². The number of anilines is 1. The number of methoxy groups -OCH3 is 1. The van der Waals surface area contributed by atoms with Crippen molar-refractivity contribution in [1.82, 2.24) is 0 Å². The van der Waals surface area contributed by atoms with E-state index in [1.54, 1.807) is 30.3 Å². The van der Waals surface area contributed by atoms with Gasteiger partial charge in [-0.1, -0.05) is 42.2 Å². The monoisotopic (exact) mass is 597 g/mol. The molecule has 11 heteroatoms. The first-order chi connectivity index (χ1) is 17.1. The van der Waals surface area contributed by atoms with E-state index in [-0.39, 0.29) is 27.3 Å². The molecule has 4 nitrogen and oxygen atoms in total. The van der Waals surface area contributed by atoms with Crippen molar-refractivity contribution in [1.29, 1.82) is 0 Å². The van der Waals surface area contributed by atoms with E-state index in [0.717, 1.165) is 34.4 Å². The van der Waals surface area contributed by atoms with Crippen molar-refractivity contribution < 1.29 is 31.8 Å². The second-order valence-electron chi connectivity index (χ2n) is 7.51. The number of rotatable bonds is 6. The molecule has 0 saturated carbocycles. The zero-order chi connectivity index (χ0) is 26.0. The lowest BCUT2D eigenvalue weighted by molar-refractivity contribution is -0.137. The van der Waals surface area contributed by atoms with Gasteiger partial charge < -0.3 is 9.47 Å². The number of thiocarbonyl (C=S) groups is 1. The lowest BCUT2D eigenvalue weighted by Crippen LogP contribution is -2.27. The van der Waals surface area contributed by atoms with E-state index >= 15 is 0 Å². The summed E-state index contributed by atoms with van der Waals surface area (Å²) in [7, 11) is 1.46. The van der Waals surface area contributed by atoms with Gasteiger partial charge in [-0.2, -0.15) is 13.2 Å². The number of alkyl halides is 3. The number of nitrogens with zero attached hydrogens (tertiary/aromatic N) is 1. The summed E-state index contributed by atoms with van der Waals surface area (Å²) in [5, 5.41) is 0. The molecule has 0 bridgehead atoms. The van der Waals surface area contributed by atoms with E-state index in [1.165, 1.54) is 31.4 Å². The fraction of sp³-hybridized carbons (Fsp3) is 0.120. The van der Waals surface area contributed by atoms with Crippen molar-refractivity contribution in [3.63, 3.8) is 0 Å². The maximum Gasteiger partial charge on any atom is 0.416 e. The molecular formula is C25H16BrF4NO3S2. The second-order valence-corrected chi connectivity index (χ2v) is 10.0. The minimum atomic E-state index is -4.55. The summed E-state index contributed by atoms with van der Waals surface area (Å²) >= 11 is 9.72. The highest BCUT2D eigenvalue weighted by atomic mass is 79.9. The lowest BCUT2D eigenvalue weighted by Gasteiger charge is -2.16. The largest absolute Gasteiger partial charge is 0.493 e. The Balaban J connectivity index is 1.58. The van der Waals surface area contributed by atoms with Crippen LogP contribution in [0.3, 0.4) is 0 Å². The zero-order valence-electron chi connectivity index (χ0n) is 18.4. The van der Waals surface area contributed by atoms with E-state index in [0.29, 0.717) is 21.5 Å². The van der Waals surface area contributed by atoms with Gasteiger partial charge in [0.25, 0.3) is 5.91 Å². The van der Waals surface area contributed by atoms with Crippen molar-refractivity contribution in [2.45, 2.75) is 12.8 Å². The molecular weight excluding hydrogens is 582 g/mol. The van der Waals surface area contributed by atoms with Crippen molar-refractivity contribution in [2.75, 3.05) is 12.0 Å². The van der Waals surface area contributed by atoms with E-state index < -0.39 is 17.6 Å². The highest BCUT2D eigenvalue weighted by Gasteiger charge is 2.36. The highest BCUT2D eigenvalue weighted by molar-refractivity contribution is 9.10. The topological polar surface area (TPSA) is 38.8 Å². The molecule has 186 valence electrons. The SMILES string of the molecule is COc1cc(/C=C2/SC(=S)N(c3cccc(C(F)(F)F)c3)C2=O)cc(Br)c1OCc1ccc(F)cc1. The molecule has 4 rings (SSSR count). The molecule has 1 saturated heterocycles. The van der Waals surface area contributed by atoms with Gasteiger partial charge in [-0.05, 0) is 75.6 Å². The van der Waals surface area contributed by atoms with E-state index in [2.05, 4.69) is 15.9 Å². The van der Waals surface area contributed by atoms with Crippen LogP contribution in [0.5, 0.6) is 11.5 Å². The minimum absolute atomic E-state index is 0.0408. The predicted octanol–water partition coefficient (Wildman–Crippen LogP) is 7.60. The molecule has 0 N–H and O–H groups in total. The Morgan fingerprint density at radius 3 is 2.50 bits per heavy atom. The summed E-state index contributed by atoms with van der Waals surface area (Å²) in [4.78, 5) is 14.4. The maximum absolute atomic E-state index is 13.1. The van der Waals surface area contributed by atoms with Crippen LogP contribution in [0.25, 0.3) is 6.08 Å². The van der Waals surface area contributed by atoms with Crippen LogP contribution in [-0.2, 0) is 17.6 Å². The van der Waals surface area contributed by atoms with Gasteiger partial charge in [-0.25, -0.2) is 4.39 Å². The van der Waals surface area contributed by atoms with Gasteiger partial charge in [0, 0.05) is 0 Å². The van der Waals surface area contributed by atoms with Crippen LogP contribution in [0.1, 0.15) is 16.7 Å². The first kappa shape index (κ1) is 26.2. The summed E-state index contributed by atoms with van der Waals surface area (Å²) in [6.07, 6.45) is -2.97. The van der Waals surface area contributed by atoms with E-state index in [4.69, 9.17) is 21.7 Å². The molecule has 1 fully saturated rings. The van der Waals surface area contributed by atoms with Crippen molar-refractivity contribution >= 4 is 61.9 Å². The molecule has 0 aliphatic carbocycles. The fourth-order valence-electron chi connectivity index (χ4n) is 3.36. The van der Waals surface area contributed by atoms with Gasteiger partial charge >= 0.3 is 6.18 Å². The Bertz CT molecular complexity index is 1360. The molecule has 1 aliphatic rings. The number of amides is 1. The zero-order valence-corrected chi connectivity index (χ0v) is 21.7. The number of hydrogen-bond acceptors (Lipinski definition) is 5. The van der Waals surface area contributed by atoms with Crippen molar-refractivity contribution in [2.24, 2.45) is 0 Å². The third kappa shape index (κ3) is 5.74. The molecule has 0 spiro atoms. The van der Waals surface area contributed by atoms with Gasteiger partial charge in [0.05, 0.1) is 27.7 Å². The van der Waals surface area contributed by atoms with Crippen molar-refractivity contribution in [3.8, 4) is 11.5 Å². The molecule has 0 radical (unpaired) electrons. The average Bonchev–Trinajstić information content (AvgIpc) is 3.11. The molecule has 1 amide bonds. The number of thioether (sulfide) groups is 1. The predicted molar refractivity (Wildman–Crippen MR) is 139 cm³/mol. The minimum Gasteiger partial charge on any atom is -0.493 e. The Morgan fingerprint density at radius 1 is 1.11 bits per heavy atom. The number of hydrogen-bond donors (Lipinski definition) is 0. The highest BCUT2D eigenvalue weighted by Crippen LogP contribution is 2.41. The lowest BCUT2D eigenvalue weighted by atomic mass is 10.1. The van der Waals surface area contributed by atoms with Crippen LogP contribution >= 0.6 is 39.9 Å². The molecule has 0 unspecified atom stereocenters. The smallest absolute Gasteiger partial charge is 0.416 e. The maximum atomic E-state index is 13.1. The number of benzene rings is 3. The van der Waals surface area contributed by atoms with Gasteiger partial charge in [-0.3, -0.25) is 9.69 Å². The normalized spacial score (nSPS) is 15.1. The number of carbonyl (C=O) groups is 1. The molecule has 1 heterocycles. The third-order valence-corrected chi connectivity index (χ3v) is 6.96. The Hall–Kier alpha value is -2.89. The quantitative estimate of drug-likeness (QED) is 0.166. The molecule has 0 atom stereocenters. The molecule has 1 aliphatic heterocycles. The van der Waals surface area contributed by atoms with Crippen molar-refractivity contribution in [3.05, 3.63) is 92.5 Å². The summed E-state index contributed by atoms with van der Waals surface area (Å²) in [6, 6.07) is 13.7. The fourth-order valence-corrected chi connectivity index (χ4v) is 5.24. The number of halogens is 5. The van der Waals surface area contributed by atoms with Crippen LogP contribution in [-0.4, -0.2) is 17.3 Å². The van der Waals surface area contributed by atoms with Gasteiger partial charge in [0.15, 0.2) is 15.8 Å². The van der Waals surface area contributed by atoms with Crippen LogP contribution in [0.4, 0.5) is 23.2 Å². The summed E-state index contributed by atoms with van der Waals surface area (Å²) < 4.78 is 64.5. The van der Waals surface area contributed by atoms with Crippen LogP contribution in [0.15, 0.2) is 70.0 Å². The van der Waals surface area contributed by atoms with Gasteiger partial charge in [0.2, 0.25) is 0 Å². The summed E-state index contributed by atoms with van der Waals surface area (Å²) in [6.45, 7) is 0.171. The first-order valence-electron chi connectivity index (χ1n) is 10.3. The van der Waals surface area contributed by atoms with E-state index in [1.807, 2.05) is 0 Å². The van der Waals surface area contributed by atoms with Gasteiger partial charge in [0.1, 0.15) is 12.4 Å². The number of ether oxygens (including phenoxy) is 2. The first-order valence-corrected chi connectivity index (χ1v) is 12.3. The molecule has 0 aromatic heterocycles.